The van der Waals surface area contributed by atoms with Crippen LogP contribution in [0, 0.1) is 0 Å². The third kappa shape index (κ3) is 52.8. The van der Waals surface area contributed by atoms with Crippen molar-refractivity contribution in [2.24, 2.45) is 0 Å². The SMILES string of the molecule is CC/C=C\C/C=C\C/C=C\C/C=C\C/C=C\C/C=C\C/C=C\C/C=C\C/C=C\C/C=C\CCCCCCCCCCC(=O)OC(CO)COC(=O)CCCCCCCCCCCCCC. The highest BCUT2D eigenvalue weighted by atomic mass is 16.6. The highest BCUT2D eigenvalue weighted by Gasteiger charge is 2.16. The second-order valence-corrected chi connectivity index (χ2v) is 17.2. The molecule has 0 aromatic rings. The molecular weight excluding hydrogens is 801 g/mol. The van der Waals surface area contributed by atoms with Crippen molar-refractivity contribution in [1.29, 1.82) is 0 Å². The van der Waals surface area contributed by atoms with E-state index in [2.05, 4.69) is 135 Å². The van der Waals surface area contributed by atoms with E-state index in [1.54, 1.807) is 0 Å². The van der Waals surface area contributed by atoms with Gasteiger partial charge in [0.2, 0.25) is 0 Å². The molecule has 0 saturated heterocycles. The van der Waals surface area contributed by atoms with E-state index in [1.807, 2.05) is 0 Å². The van der Waals surface area contributed by atoms with E-state index in [1.165, 1.54) is 89.9 Å². The summed E-state index contributed by atoms with van der Waals surface area (Å²) in [6.07, 6.45) is 80.2. The number of aliphatic hydroxyl groups is 1. The second-order valence-electron chi connectivity index (χ2n) is 17.2. The maximum Gasteiger partial charge on any atom is 0.306 e. The van der Waals surface area contributed by atoms with Gasteiger partial charge in [0.1, 0.15) is 6.61 Å². The molecule has 1 N–H and O–H groups in total. The number of aliphatic hydroxyl groups excluding tert-OH is 1. The van der Waals surface area contributed by atoms with Crippen LogP contribution in [0.3, 0.4) is 0 Å². The number of unbranched alkanes of at least 4 members (excludes halogenated alkanes) is 19. The van der Waals surface area contributed by atoms with Gasteiger partial charge < -0.3 is 14.6 Å². The molecule has 5 heteroatoms. The summed E-state index contributed by atoms with van der Waals surface area (Å²) in [6, 6.07) is 0. The lowest BCUT2D eigenvalue weighted by atomic mass is 10.0. The standard InChI is InChI=1S/C60H98O5/c1-3-5-7-9-11-13-15-17-18-19-20-21-22-23-24-25-26-27-28-29-30-31-32-33-34-35-36-37-38-39-40-41-42-43-45-47-49-51-53-55-60(63)65-58(56-61)57-64-59(62)54-52-50-48-46-44-16-14-12-10-8-6-4-2/h5,7,11,13,17-18,20-21,23-24,26-27,29-30,32-33,35-36,38-39,58,61H,3-4,6,8-10,12,14-16,19,22,25,28,31,34,37,40-57H2,1-2H3/b7-5-,13-11-,18-17-,21-20-,24-23-,27-26-,30-29-,33-32-,36-35-,39-38-. The van der Waals surface area contributed by atoms with Crippen molar-refractivity contribution >= 4 is 11.9 Å². The minimum absolute atomic E-state index is 0.0726. The van der Waals surface area contributed by atoms with Gasteiger partial charge in [-0.1, -0.05) is 245 Å². The number of hydrogen-bond acceptors (Lipinski definition) is 5. The molecule has 5 nitrogen and oxygen atoms in total. The van der Waals surface area contributed by atoms with Crippen molar-refractivity contribution < 1.29 is 24.2 Å². The van der Waals surface area contributed by atoms with Crippen LogP contribution in [0.1, 0.15) is 226 Å². The maximum atomic E-state index is 12.3. The first-order valence-corrected chi connectivity index (χ1v) is 26.6. The fourth-order valence-electron chi connectivity index (χ4n) is 7.05. The predicted molar refractivity (Wildman–Crippen MR) is 283 cm³/mol. The highest BCUT2D eigenvalue weighted by Crippen LogP contribution is 2.14. The van der Waals surface area contributed by atoms with Crippen LogP contribution < -0.4 is 0 Å². The molecule has 0 radical (unpaired) electrons. The Labute approximate surface area is 401 Å². The topological polar surface area (TPSA) is 72.8 Å². The van der Waals surface area contributed by atoms with Crippen molar-refractivity contribution in [3.63, 3.8) is 0 Å². The Kier molecular flexibility index (Phi) is 51.5. The molecule has 0 aliphatic carbocycles. The Hall–Kier alpha value is -3.70. The summed E-state index contributed by atoms with van der Waals surface area (Å²) < 4.78 is 10.6. The lowest BCUT2D eigenvalue weighted by molar-refractivity contribution is -0.161. The molecule has 0 heterocycles. The molecular formula is C60H98O5. The maximum absolute atomic E-state index is 12.3. The van der Waals surface area contributed by atoms with Crippen LogP contribution in [0.5, 0.6) is 0 Å². The molecule has 0 bridgehead atoms. The van der Waals surface area contributed by atoms with Crippen LogP contribution in [0.2, 0.25) is 0 Å². The summed E-state index contributed by atoms with van der Waals surface area (Å²) in [5.41, 5.74) is 0. The number of carbonyl (C=O) groups is 2. The van der Waals surface area contributed by atoms with Crippen molar-refractivity contribution in [2.45, 2.75) is 232 Å². The molecule has 0 spiro atoms. The Morgan fingerprint density at radius 1 is 0.369 bits per heavy atom. The van der Waals surface area contributed by atoms with Crippen LogP contribution in [-0.4, -0.2) is 36.4 Å². The van der Waals surface area contributed by atoms with Crippen LogP contribution in [0.4, 0.5) is 0 Å². The van der Waals surface area contributed by atoms with Crippen LogP contribution in [0.25, 0.3) is 0 Å². The molecule has 1 unspecified atom stereocenters. The zero-order chi connectivity index (χ0) is 47.0. The Morgan fingerprint density at radius 3 is 1.00 bits per heavy atom. The fourth-order valence-corrected chi connectivity index (χ4v) is 7.05. The second kappa shape index (κ2) is 54.6. The van der Waals surface area contributed by atoms with Gasteiger partial charge in [-0.05, 0) is 89.9 Å². The first kappa shape index (κ1) is 61.3. The molecule has 0 saturated carbocycles. The summed E-state index contributed by atoms with van der Waals surface area (Å²) in [7, 11) is 0. The van der Waals surface area contributed by atoms with E-state index in [4.69, 9.17) is 9.47 Å². The fraction of sp³-hybridized carbons (Fsp3) is 0.633. The number of rotatable bonds is 47. The average Bonchev–Trinajstić information content (AvgIpc) is 3.31. The van der Waals surface area contributed by atoms with Gasteiger partial charge >= 0.3 is 11.9 Å². The van der Waals surface area contributed by atoms with E-state index in [0.717, 1.165) is 109 Å². The predicted octanol–water partition coefficient (Wildman–Crippen LogP) is 17.9. The summed E-state index contributed by atoms with van der Waals surface area (Å²) in [4.78, 5) is 24.4. The summed E-state index contributed by atoms with van der Waals surface area (Å²) in [6.45, 7) is 4.01. The molecule has 0 aromatic carbocycles. The van der Waals surface area contributed by atoms with E-state index >= 15 is 0 Å². The quantitative estimate of drug-likeness (QED) is 0.0374. The highest BCUT2D eigenvalue weighted by molar-refractivity contribution is 5.70. The summed E-state index contributed by atoms with van der Waals surface area (Å²) in [5, 5.41) is 9.60. The van der Waals surface area contributed by atoms with Gasteiger partial charge in [0.25, 0.3) is 0 Å². The number of carbonyl (C=O) groups excluding carboxylic acids is 2. The van der Waals surface area contributed by atoms with Crippen molar-refractivity contribution in [3.8, 4) is 0 Å². The molecule has 0 rings (SSSR count). The van der Waals surface area contributed by atoms with Crippen LogP contribution >= 0.6 is 0 Å². The third-order valence-corrected chi connectivity index (χ3v) is 11.0. The van der Waals surface area contributed by atoms with Crippen molar-refractivity contribution in [1.82, 2.24) is 0 Å². The minimum atomic E-state index is -0.781. The zero-order valence-electron chi connectivity index (χ0n) is 42.0. The molecule has 0 aliphatic rings. The van der Waals surface area contributed by atoms with Gasteiger partial charge in [-0.3, -0.25) is 9.59 Å². The van der Waals surface area contributed by atoms with Gasteiger partial charge in [-0.15, -0.1) is 0 Å². The summed E-state index contributed by atoms with van der Waals surface area (Å²) in [5.74, 6) is -0.604. The Balaban J connectivity index is 3.61. The van der Waals surface area contributed by atoms with Gasteiger partial charge in [0.05, 0.1) is 6.61 Å². The monoisotopic (exact) mass is 899 g/mol. The Bertz CT molecular complexity index is 1340. The third-order valence-electron chi connectivity index (χ3n) is 11.0. The van der Waals surface area contributed by atoms with Gasteiger partial charge in [0.15, 0.2) is 6.10 Å². The molecule has 65 heavy (non-hydrogen) atoms. The minimum Gasteiger partial charge on any atom is -0.462 e. The average molecular weight is 899 g/mol. The normalized spacial score (nSPS) is 13.2. The van der Waals surface area contributed by atoms with E-state index in [9.17, 15) is 14.7 Å². The number of esters is 2. The van der Waals surface area contributed by atoms with Crippen molar-refractivity contribution in [2.75, 3.05) is 13.2 Å². The first-order valence-electron chi connectivity index (χ1n) is 26.6. The Morgan fingerprint density at radius 2 is 0.662 bits per heavy atom. The molecule has 1 atom stereocenters. The molecule has 0 aromatic heterocycles. The molecule has 0 amide bonds. The number of allylic oxidation sites excluding steroid dienone is 20. The van der Waals surface area contributed by atoms with Gasteiger partial charge in [-0.25, -0.2) is 0 Å². The molecule has 0 aliphatic heterocycles. The van der Waals surface area contributed by atoms with E-state index in [0.29, 0.717) is 12.8 Å². The number of ether oxygens (including phenoxy) is 2. The summed E-state index contributed by atoms with van der Waals surface area (Å²) >= 11 is 0. The van der Waals surface area contributed by atoms with Gasteiger partial charge in [-0.2, -0.15) is 0 Å². The van der Waals surface area contributed by atoms with Crippen LogP contribution in [-0.2, 0) is 19.1 Å². The lowest BCUT2D eigenvalue weighted by Crippen LogP contribution is -2.28. The molecule has 0 fully saturated rings. The van der Waals surface area contributed by atoms with Crippen molar-refractivity contribution in [3.05, 3.63) is 122 Å². The van der Waals surface area contributed by atoms with Crippen LogP contribution in [0.15, 0.2) is 122 Å². The zero-order valence-corrected chi connectivity index (χ0v) is 42.0. The lowest BCUT2D eigenvalue weighted by Gasteiger charge is -2.15. The molecule has 368 valence electrons. The smallest absolute Gasteiger partial charge is 0.306 e. The largest absolute Gasteiger partial charge is 0.462 e. The van der Waals surface area contributed by atoms with E-state index < -0.39 is 6.10 Å². The van der Waals surface area contributed by atoms with Gasteiger partial charge in [0, 0.05) is 12.8 Å². The van der Waals surface area contributed by atoms with E-state index in [-0.39, 0.29) is 25.2 Å². The number of hydrogen-bond donors (Lipinski definition) is 1. The first-order chi connectivity index (χ1) is 32.1.